The number of aliphatic hydroxyl groups is 1. The van der Waals surface area contributed by atoms with Gasteiger partial charge in [0.2, 0.25) is 0 Å². The Morgan fingerprint density at radius 2 is 2.11 bits per heavy atom. The highest BCUT2D eigenvalue weighted by molar-refractivity contribution is 4.72. The van der Waals surface area contributed by atoms with E-state index in [1.54, 1.807) is 0 Å². The van der Waals surface area contributed by atoms with Gasteiger partial charge in [-0.15, -0.1) is 0 Å². The van der Waals surface area contributed by atoms with Gasteiger partial charge in [-0.3, -0.25) is 0 Å². The van der Waals surface area contributed by atoms with E-state index in [4.69, 9.17) is 5.11 Å². The van der Waals surface area contributed by atoms with Crippen molar-refractivity contribution >= 4 is 0 Å². The van der Waals surface area contributed by atoms with Gasteiger partial charge in [-0.25, -0.2) is 0 Å². The molecule has 0 aromatic heterocycles. The minimum Gasteiger partial charge on any atom is -0.396 e. The molecule has 0 spiro atoms. The molecule has 0 aromatic rings. The standard InChI is InChI=1S/C7H17NO/c1-4-7(2,6-9)5-8-3/h8-9H,4-6H2,1-3H3. The highest BCUT2D eigenvalue weighted by atomic mass is 16.3. The second-order valence-electron chi connectivity index (χ2n) is 2.85. The van der Waals surface area contributed by atoms with Gasteiger partial charge in [-0.1, -0.05) is 13.8 Å². The van der Waals surface area contributed by atoms with E-state index in [1.165, 1.54) is 0 Å². The third kappa shape index (κ3) is 2.82. The molecule has 2 nitrogen and oxygen atoms in total. The number of rotatable bonds is 4. The Bertz CT molecular complexity index is 69.3. The number of nitrogens with one attached hydrogen (secondary N) is 1. The van der Waals surface area contributed by atoms with Gasteiger partial charge in [0.1, 0.15) is 0 Å². The molecule has 0 amide bonds. The minimum absolute atomic E-state index is 0.0781. The summed E-state index contributed by atoms with van der Waals surface area (Å²) in [5.74, 6) is 0. The van der Waals surface area contributed by atoms with Crippen LogP contribution in [0.1, 0.15) is 20.3 Å². The molecule has 0 rings (SSSR count). The summed E-state index contributed by atoms with van der Waals surface area (Å²) in [7, 11) is 1.91. The van der Waals surface area contributed by atoms with Crippen LogP contribution in [0.4, 0.5) is 0 Å². The molecule has 1 atom stereocenters. The maximum absolute atomic E-state index is 8.88. The first-order valence-electron chi connectivity index (χ1n) is 3.44. The Labute approximate surface area is 57.3 Å². The molecule has 2 heteroatoms. The lowest BCUT2D eigenvalue weighted by molar-refractivity contribution is 0.138. The number of hydrogen-bond acceptors (Lipinski definition) is 2. The fourth-order valence-corrected chi connectivity index (χ4v) is 0.719. The zero-order valence-electron chi connectivity index (χ0n) is 6.57. The Morgan fingerprint density at radius 3 is 2.22 bits per heavy atom. The van der Waals surface area contributed by atoms with E-state index in [0.717, 1.165) is 13.0 Å². The third-order valence-corrected chi connectivity index (χ3v) is 1.84. The van der Waals surface area contributed by atoms with Gasteiger partial charge in [0.25, 0.3) is 0 Å². The summed E-state index contributed by atoms with van der Waals surface area (Å²) < 4.78 is 0. The number of aliphatic hydroxyl groups excluding tert-OH is 1. The van der Waals surface area contributed by atoms with Crippen LogP contribution in [-0.4, -0.2) is 25.3 Å². The van der Waals surface area contributed by atoms with Crippen LogP contribution in [0, 0.1) is 5.41 Å². The van der Waals surface area contributed by atoms with Crippen LogP contribution in [0.2, 0.25) is 0 Å². The SMILES string of the molecule is CCC(C)(CO)CNC. The van der Waals surface area contributed by atoms with Crippen LogP contribution in [0.3, 0.4) is 0 Å². The zero-order chi connectivity index (χ0) is 7.33. The van der Waals surface area contributed by atoms with E-state index in [0.29, 0.717) is 0 Å². The molecular formula is C7H17NO. The Balaban J connectivity index is 3.62. The molecule has 56 valence electrons. The second kappa shape index (κ2) is 3.85. The maximum Gasteiger partial charge on any atom is 0.0496 e. The monoisotopic (exact) mass is 131 g/mol. The summed E-state index contributed by atoms with van der Waals surface area (Å²) in [5.41, 5.74) is 0.0781. The summed E-state index contributed by atoms with van der Waals surface area (Å²) in [6, 6.07) is 0. The Morgan fingerprint density at radius 1 is 1.56 bits per heavy atom. The zero-order valence-corrected chi connectivity index (χ0v) is 6.57. The van der Waals surface area contributed by atoms with Crippen molar-refractivity contribution in [1.29, 1.82) is 0 Å². The number of hydrogen-bond donors (Lipinski definition) is 2. The van der Waals surface area contributed by atoms with Crippen molar-refractivity contribution in [3.63, 3.8) is 0 Å². The molecule has 0 bridgehead atoms. The smallest absolute Gasteiger partial charge is 0.0496 e. The summed E-state index contributed by atoms with van der Waals surface area (Å²) in [5, 5.41) is 11.9. The largest absolute Gasteiger partial charge is 0.396 e. The summed E-state index contributed by atoms with van der Waals surface area (Å²) >= 11 is 0. The molecular weight excluding hydrogens is 114 g/mol. The molecule has 0 saturated carbocycles. The fraction of sp³-hybridized carbons (Fsp3) is 1.00. The van der Waals surface area contributed by atoms with Crippen molar-refractivity contribution in [2.45, 2.75) is 20.3 Å². The molecule has 0 aromatic carbocycles. The minimum atomic E-state index is 0.0781. The average Bonchev–Trinajstić information content (AvgIpc) is 1.89. The van der Waals surface area contributed by atoms with Crippen LogP contribution in [0.5, 0.6) is 0 Å². The van der Waals surface area contributed by atoms with E-state index < -0.39 is 0 Å². The van der Waals surface area contributed by atoms with Crippen molar-refractivity contribution in [3.05, 3.63) is 0 Å². The van der Waals surface area contributed by atoms with E-state index in [1.807, 2.05) is 7.05 Å². The maximum atomic E-state index is 8.88. The first-order valence-corrected chi connectivity index (χ1v) is 3.44. The molecule has 0 aliphatic carbocycles. The van der Waals surface area contributed by atoms with Crippen molar-refractivity contribution in [2.75, 3.05) is 20.2 Å². The Kier molecular flexibility index (Phi) is 3.82. The summed E-state index contributed by atoms with van der Waals surface area (Å²) in [6.07, 6.45) is 1.02. The van der Waals surface area contributed by atoms with Crippen molar-refractivity contribution in [3.8, 4) is 0 Å². The molecule has 0 fully saturated rings. The predicted molar refractivity (Wildman–Crippen MR) is 39.4 cm³/mol. The van der Waals surface area contributed by atoms with E-state index in [-0.39, 0.29) is 12.0 Å². The van der Waals surface area contributed by atoms with Crippen LogP contribution in [-0.2, 0) is 0 Å². The van der Waals surface area contributed by atoms with Crippen LogP contribution >= 0.6 is 0 Å². The topological polar surface area (TPSA) is 32.3 Å². The first-order chi connectivity index (χ1) is 4.18. The summed E-state index contributed by atoms with van der Waals surface area (Å²) in [4.78, 5) is 0. The van der Waals surface area contributed by atoms with Crippen molar-refractivity contribution in [1.82, 2.24) is 5.32 Å². The second-order valence-corrected chi connectivity index (χ2v) is 2.85. The van der Waals surface area contributed by atoms with Crippen molar-refractivity contribution < 1.29 is 5.11 Å². The van der Waals surface area contributed by atoms with Gasteiger partial charge in [-0.05, 0) is 13.5 Å². The highest BCUT2D eigenvalue weighted by Gasteiger charge is 2.18. The first kappa shape index (κ1) is 8.92. The Hall–Kier alpha value is -0.0800. The van der Waals surface area contributed by atoms with E-state index in [2.05, 4.69) is 19.2 Å². The predicted octanol–water partition coefficient (Wildman–Crippen LogP) is 0.614. The average molecular weight is 131 g/mol. The molecule has 0 heterocycles. The van der Waals surface area contributed by atoms with Gasteiger partial charge in [0.15, 0.2) is 0 Å². The quantitative estimate of drug-likeness (QED) is 0.586. The van der Waals surface area contributed by atoms with Gasteiger partial charge < -0.3 is 10.4 Å². The van der Waals surface area contributed by atoms with Crippen LogP contribution in [0.15, 0.2) is 0 Å². The van der Waals surface area contributed by atoms with Crippen molar-refractivity contribution in [2.24, 2.45) is 5.41 Å². The molecule has 0 radical (unpaired) electrons. The molecule has 2 N–H and O–H groups in total. The molecule has 9 heavy (non-hydrogen) atoms. The lowest BCUT2D eigenvalue weighted by Gasteiger charge is -2.24. The highest BCUT2D eigenvalue weighted by Crippen LogP contribution is 2.17. The molecule has 0 aliphatic rings. The lowest BCUT2D eigenvalue weighted by Crippen LogP contribution is -2.32. The summed E-state index contributed by atoms with van der Waals surface area (Å²) in [6.45, 7) is 5.32. The molecule has 0 saturated heterocycles. The third-order valence-electron chi connectivity index (χ3n) is 1.84. The van der Waals surface area contributed by atoms with Gasteiger partial charge in [0.05, 0.1) is 0 Å². The van der Waals surface area contributed by atoms with Crippen LogP contribution < -0.4 is 5.32 Å². The van der Waals surface area contributed by atoms with E-state index in [9.17, 15) is 0 Å². The molecule has 1 unspecified atom stereocenters. The lowest BCUT2D eigenvalue weighted by atomic mass is 9.89. The van der Waals surface area contributed by atoms with Gasteiger partial charge in [0, 0.05) is 18.6 Å². The van der Waals surface area contributed by atoms with Gasteiger partial charge >= 0.3 is 0 Å². The normalized spacial score (nSPS) is 17.3. The fourth-order valence-electron chi connectivity index (χ4n) is 0.719. The molecule has 0 aliphatic heterocycles. The van der Waals surface area contributed by atoms with Gasteiger partial charge in [-0.2, -0.15) is 0 Å². The van der Waals surface area contributed by atoms with E-state index >= 15 is 0 Å². The van der Waals surface area contributed by atoms with Crippen LogP contribution in [0.25, 0.3) is 0 Å².